The number of unbranched alkanes of at least 4 members (excludes halogenated alkanes) is 15. The molecule has 0 aromatic heterocycles. The summed E-state index contributed by atoms with van der Waals surface area (Å²) in [5, 5.41) is 0. The SMILES string of the molecule is C=C[N+](C)(C)c1ccccc1CCCCCCCCCCCCCCCCCC.[Cl-]. The van der Waals surface area contributed by atoms with Crippen LogP contribution < -0.4 is 16.9 Å². The molecule has 0 radical (unpaired) electrons. The molecule has 0 saturated heterocycles. The highest BCUT2D eigenvalue weighted by molar-refractivity contribution is 5.51. The summed E-state index contributed by atoms with van der Waals surface area (Å²) in [4.78, 5) is 0. The largest absolute Gasteiger partial charge is 1.00 e. The van der Waals surface area contributed by atoms with Crippen LogP contribution in [0.5, 0.6) is 0 Å². The third-order valence-corrected chi connectivity index (χ3v) is 6.37. The molecule has 0 amide bonds. The first-order valence-corrected chi connectivity index (χ1v) is 12.7. The number of hydrogen-bond acceptors (Lipinski definition) is 0. The number of rotatable bonds is 19. The standard InChI is InChI=1S/C28H50N.ClH/c1-5-7-8-9-10-11-12-13-14-15-16-17-18-19-20-21-24-27-25-22-23-26-28(27)29(3,4)6-2;/h6,22-23,25-26H,2,5,7-21,24H2,1,3-4H3;1H/q+1;/p-1. The van der Waals surface area contributed by atoms with Crippen molar-refractivity contribution in [3.63, 3.8) is 0 Å². The van der Waals surface area contributed by atoms with E-state index in [9.17, 15) is 0 Å². The van der Waals surface area contributed by atoms with Crippen LogP contribution in [0.2, 0.25) is 0 Å². The lowest BCUT2D eigenvalue weighted by Gasteiger charge is -2.26. The Balaban J connectivity index is 0.00000841. The third kappa shape index (κ3) is 13.5. The lowest BCUT2D eigenvalue weighted by molar-refractivity contribution is -0.00000642. The lowest BCUT2D eigenvalue weighted by Crippen LogP contribution is -3.00. The van der Waals surface area contributed by atoms with Crippen LogP contribution in [0.1, 0.15) is 115 Å². The van der Waals surface area contributed by atoms with Crippen LogP contribution in [0.3, 0.4) is 0 Å². The second-order valence-corrected chi connectivity index (χ2v) is 9.40. The Bertz CT molecular complexity index is 523. The summed E-state index contributed by atoms with van der Waals surface area (Å²) >= 11 is 0. The zero-order chi connectivity index (χ0) is 21.2. The number of nitrogens with zero attached hydrogens (tertiary/aromatic N) is 1. The van der Waals surface area contributed by atoms with E-state index in [1.54, 1.807) is 0 Å². The molecule has 0 spiro atoms. The molecule has 0 atom stereocenters. The molecule has 174 valence electrons. The molecule has 0 aliphatic heterocycles. The first kappa shape index (κ1) is 29.2. The van der Waals surface area contributed by atoms with Crippen LogP contribution in [0.25, 0.3) is 0 Å². The minimum Gasteiger partial charge on any atom is -1.00 e. The average Bonchev–Trinajstić information content (AvgIpc) is 2.73. The maximum atomic E-state index is 4.00. The van der Waals surface area contributed by atoms with Gasteiger partial charge in [0, 0.05) is 5.56 Å². The fourth-order valence-electron chi connectivity index (χ4n) is 4.25. The summed E-state index contributed by atoms with van der Waals surface area (Å²) in [5.74, 6) is 0. The molecule has 1 aromatic carbocycles. The third-order valence-electron chi connectivity index (χ3n) is 6.37. The summed E-state index contributed by atoms with van der Waals surface area (Å²) in [6.45, 7) is 6.30. The van der Waals surface area contributed by atoms with Crippen molar-refractivity contribution in [2.45, 2.75) is 116 Å². The summed E-state index contributed by atoms with van der Waals surface area (Å²) < 4.78 is 0.759. The van der Waals surface area contributed by atoms with Crippen molar-refractivity contribution in [3.8, 4) is 0 Å². The van der Waals surface area contributed by atoms with Crippen LogP contribution in [-0.2, 0) is 6.42 Å². The van der Waals surface area contributed by atoms with Gasteiger partial charge in [-0.05, 0) is 25.5 Å². The van der Waals surface area contributed by atoms with E-state index in [1.165, 1.54) is 120 Å². The van der Waals surface area contributed by atoms with Gasteiger partial charge in [0.2, 0.25) is 0 Å². The van der Waals surface area contributed by atoms with Crippen LogP contribution >= 0.6 is 0 Å². The van der Waals surface area contributed by atoms with Gasteiger partial charge in [-0.3, -0.25) is 4.48 Å². The highest BCUT2D eigenvalue weighted by Crippen LogP contribution is 2.26. The number of hydrogen-bond donors (Lipinski definition) is 0. The van der Waals surface area contributed by atoms with Crippen molar-refractivity contribution in [2.75, 3.05) is 14.1 Å². The molecule has 0 aliphatic rings. The second kappa shape index (κ2) is 18.9. The normalized spacial score (nSPS) is 11.3. The number of benzene rings is 1. The average molecular weight is 436 g/mol. The topological polar surface area (TPSA) is 0 Å². The Morgan fingerprint density at radius 2 is 1.07 bits per heavy atom. The fourth-order valence-corrected chi connectivity index (χ4v) is 4.25. The Hall–Kier alpha value is -0.790. The molecule has 1 aromatic rings. The van der Waals surface area contributed by atoms with Crippen molar-refractivity contribution >= 4 is 5.69 Å². The molecule has 2 heteroatoms. The number of para-hydroxylation sites is 1. The molecule has 0 bridgehead atoms. The van der Waals surface area contributed by atoms with Gasteiger partial charge in [0.25, 0.3) is 0 Å². The minimum atomic E-state index is 0. The van der Waals surface area contributed by atoms with E-state index >= 15 is 0 Å². The Morgan fingerprint density at radius 3 is 1.50 bits per heavy atom. The fraction of sp³-hybridized carbons (Fsp3) is 0.714. The van der Waals surface area contributed by atoms with Crippen LogP contribution in [-0.4, -0.2) is 14.1 Å². The summed E-state index contributed by atoms with van der Waals surface area (Å²) in [5.41, 5.74) is 2.88. The van der Waals surface area contributed by atoms with Crippen molar-refractivity contribution in [1.82, 2.24) is 4.48 Å². The van der Waals surface area contributed by atoms with Crippen molar-refractivity contribution in [2.24, 2.45) is 0 Å². The quantitative estimate of drug-likeness (QED) is 0.179. The van der Waals surface area contributed by atoms with E-state index in [0.29, 0.717) is 0 Å². The highest BCUT2D eigenvalue weighted by atomic mass is 35.5. The summed E-state index contributed by atoms with van der Waals surface area (Å²) in [6.07, 6.45) is 26.1. The molecule has 30 heavy (non-hydrogen) atoms. The maximum absolute atomic E-state index is 4.00. The predicted molar refractivity (Wildman–Crippen MR) is 134 cm³/mol. The molecular formula is C28H50ClN. The molecule has 0 aliphatic carbocycles. The smallest absolute Gasteiger partial charge is 0.140 e. The predicted octanol–water partition coefficient (Wildman–Crippen LogP) is 6.21. The van der Waals surface area contributed by atoms with Crippen molar-refractivity contribution in [3.05, 3.63) is 42.6 Å². The van der Waals surface area contributed by atoms with Gasteiger partial charge in [0.05, 0.1) is 20.3 Å². The number of aryl methyl sites for hydroxylation is 1. The number of halogens is 1. The van der Waals surface area contributed by atoms with Crippen LogP contribution in [0, 0.1) is 0 Å². The van der Waals surface area contributed by atoms with Gasteiger partial charge in [0.1, 0.15) is 5.69 Å². The van der Waals surface area contributed by atoms with Crippen LogP contribution in [0.4, 0.5) is 5.69 Å². The Labute approximate surface area is 195 Å². The van der Waals surface area contributed by atoms with E-state index in [-0.39, 0.29) is 12.4 Å². The van der Waals surface area contributed by atoms with Gasteiger partial charge in [-0.1, -0.05) is 121 Å². The molecule has 0 saturated carbocycles. The van der Waals surface area contributed by atoms with Crippen LogP contribution in [0.15, 0.2) is 37.0 Å². The van der Waals surface area contributed by atoms with Gasteiger partial charge in [-0.15, -0.1) is 0 Å². The monoisotopic (exact) mass is 435 g/mol. The van der Waals surface area contributed by atoms with E-state index in [0.717, 1.165) is 4.48 Å². The first-order valence-electron chi connectivity index (χ1n) is 12.7. The van der Waals surface area contributed by atoms with E-state index < -0.39 is 0 Å². The minimum absolute atomic E-state index is 0. The van der Waals surface area contributed by atoms with Gasteiger partial charge in [0.15, 0.2) is 0 Å². The molecule has 0 N–H and O–H groups in total. The van der Waals surface area contributed by atoms with Gasteiger partial charge in [-0.25, -0.2) is 0 Å². The van der Waals surface area contributed by atoms with E-state index in [1.807, 2.05) is 6.20 Å². The zero-order valence-electron chi connectivity index (χ0n) is 20.4. The summed E-state index contributed by atoms with van der Waals surface area (Å²) in [6, 6.07) is 8.87. The van der Waals surface area contributed by atoms with Gasteiger partial charge in [-0.2, -0.15) is 0 Å². The molecule has 0 heterocycles. The number of quaternary nitrogens is 1. The molecular weight excluding hydrogens is 386 g/mol. The first-order chi connectivity index (χ1) is 14.1. The van der Waals surface area contributed by atoms with E-state index in [2.05, 4.69) is 51.9 Å². The molecule has 1 nitrogen and oxygen atoms in total. The Kier molecular flexibility index (Phi) is 18.4. The van der Waals surface area contributed by atoms with Gasteiger partial charge >= 0.3 is 0 Å². The maximum Gasteiger partial charge on any atom is 0.140 e. The lowest BCUT2D eigenvalue weighted by atomic mass is 10.0. The molecule has 0 fully saturated rings. The van der Waals surface area contributed by atoms with Crippen molar-refractivity contribution in [1.29, 1.82) is 0 Å². The Morgan fingerprint density at radius 1 is 0.667 bits per heavy atom. The molecule has 0 unspecified atom stereocenters. The van der Waals surface area contributed by atoms with Gasteiger partial charge < -0.3 is 12.4 Å². The zero-order valence-corrected chi connectivity index (χ0v) is 21.2. The van der Waals surface area contributed by atoms with Crippen molar-refractivity contribution < 1.29 is 12.4 Å². The highest BCUT2D eigenvalue weighted by Gasteiger charge is 2.18. The summed E-state index contributed by atoms with van der Waals surface area (Å²) in [7, 11) is 4.42. The molecule has 1 rings (SSSR count). The second-order valence-electron chi connectivity index (χ2n) is 9.40. The van der Waals surface area contributed by atoms with E-state index in [4.69, 9.17) is 0 Å².